The zero-order valence-electron chi connectivity index (χ0n) is 14.3. The maximum Gasteiger partial charge on any atom is 0.325 e. The monoisotopic (exact) mass is 347 g/mol. The van der Waals surface area contributed by atoms with Crippen molar-refractivity contribution in [3.05, 3.63) is 18.2 Å². The van der Waals surface area contributed by atoms with Crippen LogP contribution in [0.4, 0.5) is 10.5 Å². The highest BCUT2D eigenvalue weighted by Crippen LogP contribution is 2.35. The van der Waals surface area contributed by atoms with E-state index >= 15 is 0 Å². The number of anilines is 1. The Kier molecular flexibility index (Phi) is 4.52. The molecule has 0 atom stereocenters. The third kappa shape index (κ3) is 3.11. The summed E-state index contributed by atoms with van der Waals surface area (Å²) in [5.74, 6) is 0.211. The van der Waals surface area contributed by atoms with Gasteiger partial charge in [0.2, 0.25) is 5.91 Å². The van der Waals surface area contributed by atoms with Gasteiger partial charge in [0.1, 0.15) is 23.6 Å². The van der Waals surface area contributed by atoms with Crippen LogP contribution in [0.25, 0.3) is 0 Å². The summed E-state index contributed by atoms with van der Waals surface area (Å²) in [4.78, 5) is 38.0. The van der Waals surface area contributed by atoms with Gasteiger partial charge in [-0.1, -0.05) is 12.8 Å². The predicted octanol–water partition coefficient (Wildman–Crippen LogP) is 1.51. The number of amides is 4. The maximum atomic E-state index is 12.6. The van der Waals surface area contributed by atoms with Crippen LogP contribution in [-0.2, 0) is 9.59 Å². The summed E-state index contributed by atoms with van der Waals surface area (Å²) in [6, 6.07) is 4.46. The van der Waals surface area contributed by atoms with Crippen LogP contribution in [0.1, 0.15) is 25.7 Å². The minimum absolute atomic E-state index is 0.317. The number of hydrogen-bond acceptors (Lipinski definition) is 5. The molecule has 1 heterocycles. The van der Waals surface area contributed by atoms with E-state index in [0.29, 0.717) is 30.0 Å². The van der Waals surface area contributed by atoms with Gasteiger partial charge in [0, 0.05) is 6.07 Å². The molecule has 0 bridgehead atoms. The number of hydrogen-bond donors (Lipinski definition) is 2. The Morgan fingerprint density at radius 3 is 2.60 bits per heavy atom. The highest BCUT2D eigenvalue weighted by atomic mass is 16.5. The van der Waals surface area contributed by atoms with Crippen molar-refractivity contribution in [2.45, 2.75) is 31.2 Å². The fraction of sp³-hybridized carbons (Fsp3) is 0.471. The number of ether oxygens (including phenoxy) is 2. The molecule has 134 valence electrons. The van der Waals surface area contributed by atoms with E-state index in [9.17, 15) is 14.4 Å². The average molecular weight is 347 g/mol. The van der Waals surface area contributed by atoms with Crippen LogP contribution < -0.4 is 20.1 Å². The third-order valence-corrected chi connectivity index (χ3v) is 4.69. The van der Waals surface area contributed by atoms with Gasteiger partial charge < -0.3 is 20.1 Å². The molecule has 1 aliphatic carbocycles. The van der Waals surface area contributed by atoms with E-state index in [4.69, 9.17) is 9.47 Å². The van der Waals surface area contributed by atoms with Gasteiger partial charge in [-0.2, -0.15) is 0 Å². The van der Waals surface area contributed by atoms with E-state index < -0.39 is 17.5 Å². The summed E-state index contributed by atoms with van der Waals surface area (Å²) in [6.45, 7) is -0.340. The molecule has 1 saturated heterocycles. The normalized spacial score (nSPS) is 18.4. The predicted molar refractivity (Wildman–Crippen MR) is 89.6 cm³/mol. The topological polar surface area (TPSA) is 97.0 Å². The number of carbonyl (C=O) groups excluding carboxylic acids is 3. The molecule has 25 heavy (non-hydrogen) atoms. The lowest BCUT2D eigenvalue weighted by Gasteiger charge is -2.20. The Hall–Kier alpha value is -2.77. The number of imide groups is 1. The van der Waals surface area contributed by atoms with Crippen LogP contribution in [0.3, 0.4) is 0 Å². The molecular weight excluding hydrogens is 326 g/mol. The number of urea groups is 1. The molecule has 0 unspecified atom stereocenters. The Labute approximate surface area is 145 Å². The summed E-state index contributed by atoms with van der Waals surface area (Å²) in [6.07, 6.45) is 3.04. The van der Waals surface area contributed by atoms with Gasteiger partial charge in [0.25, 0.3) is 5.91 Å². The van der Waals surface area contributed by atoms with Crippen molar-refractivity contribution in [3.8, 4) is 11.5 Å². The van der Waals surface area contributed by atoms with E-state index in [-0.39, 0.29) is 12.5 Å². The van der Waals surface area contributed by atoms with E-state index in [1.54, 1.807) is 18.2 Å². The summed E-state index contributed by atoms with van der Waals surface area (Å²) in [7, 11) is 3.00. The maximum absolute atomic E-state index is 12.6. The molecule has 4 amide bonds. The number of methoxy groups -OCH3 is 2. The fourth-order valence-electron chi connectivity index (χ4n) is 3.38. The van der Waals surface area contributed by atoms with Crippen molar-refractivity contribution in [1.82, 2.24) is 10.2 Å². The Morgan fingerprint density at radius 2 is 1.96 bits per heavy atom. The van der Waals surface area contributed by atoms with Gasteiger partial charge in [0.05, 0.1) is 19.9 Å². The standard InChI is InChI=1S/C17H21N3O5/c1-24-11-5-6-13(25-2)12(9-11)18-14(21)10-20-15(22)17(19-16(20)23)7-3-4-8-17/h5-6,9H,3-4,7-8,10H2,1-2H3,(H,18,21)(H,19,23). The molecular formula is C17H21N3O5. The van der Waals surface area contributed by atoms with Crippen molar-refractivity contribution in [2.75, 3.05) is 26.1 Å². The van der Waals surface area contributed by atoms with Gasteiger partial charge in [-0.3, -0.25) is 14.5 Å². The summed E-state index contributed by atoms with van der Waals surface area (Å²) in [5.41, 5.74) is -0.403. The largest absolute Gasteiger partial charge is 0.497 e. The highest BCUT2D eigenvalue weighted by molar-refractivity contribution is 6.10. The zero-order valence-corrected chi connectivity index (χ0v) is 14.3. The summed E-state index contributed by atoms with van der Waals surface area (Å²) >= 11 is 0. The van der Waals surface area contributed by atoms with E-state index in [0.717, 1.165) is 17.7 Å². The molecule has 0 radical (unpaired) electrons. The second-order valence-electron chi connectivity index (χ2n) is 6.23. The molecule has 1 spiro atoms. The number of nitrogens with one attached hydrogen (secondary N) is 2. The Bertz CT molecular complexity index is 712. The second-order valence-corrected chi connectivity index (χ2v) is 6.23. The highest BCUT2D eigenvalue weighted by Gasteiger charge is 2.52. The van der Waals surface area contributed by atoms with E-state index in [1.807, 2.05) is 0 Å². The smallest absolute Gasteiger partial charge is 0.325 e. The number of benzene rings is 1. The lowest BCUT2D eigenvalue weighted by Crippen LogP contribution is -2.44. The van der Waals surface area contributed by atoms with Crippen LogP contribution in [0, 0.1) is 0 Å². The van der Waals surface area contributed by atoms with E-state index in [1.165, 1.54) is 14.2 Å². The first-order chi connectivity index (χ1) is 12.0. The molecule has 0 aromatic heterocycles. The van der Waals surface area contributed by atoms with Gasteiger partial charge in [-0.25, -0.2) is 4.79 Å². The van der Waals surface area contributed by atoms with E-state index in [2.05, 4.69) is 10.6 Å². The van der Waals surface area contributed by atoms with Crippen molar-refractivity contribution in [3.63, 3.8) is 0 Å². The zero-order chi connectivity index (χ0) is 18.0. The first-order valence-corrected chi connectivity index (χ1v) is 8.15. The van der Waals surface area contributed by atoms with Gasteiger partial charge >= 0.3 is 6.03 Å². The fourth-order valence-corrected chi connectivity index (χ4v) is 3.38. The quantitative estimate of drug-likeness (QED) is 0.787. The van der Waals surface area contributed by atoms with Crippen LogP contribution in [0.15, 0.2) is 18.2 Å². The SMILES string of the molecule is COc1ccc(OC)c(NC(=O)CN2C(=O)NC3(CCCC3)C2=O)c1. The number of carbonyl (C=O) groups is 3. The minimum atomic E-state index is -0.814. The van der Waals surface area contributed by atoms with Crippen molar-refractivity contribution >= 4 is 23.5 Å². The first-order valence-electron chi connectivity index (χ1n) is 8.15. The molecule has 2 N–H and O–H groups in total. The molecule has 8 heteroatoms. The molecule has 1 aromatic rings. The minimum Gasteiger partial charge on any atom is -0.497 e. The number of rotatable bonds is 5. The molecule has 1 aromatic carbocycles. The lowest BCUT2D eigenvalue weighted by molar-refractivity contribution is -0.133. The summed E-state index contributed by atoms with van der Waals surface area (Å²) in [5, 5.41) is 5.42. The molecule has 3 rings (SSSR count). The average Bonchev–Trinajstić information content (AvgIpc) is 3.16. The van der Waals surface area contributed by atoms with Gasteiger partial charge in [0.15, 0.2) is 0 Å². The third-order valence-electron chi connectivity index (χ3n) is 4.69. The van der Waals surface area contributed by atoms with Crippen LogP contribution in [-0.4, -0.2) is 49.0 Å². The van der Waals surface area contributed by atoms with Crippen LogP contribution in [0.2, 0.25) is 0 Å². The lowest BCUT2D eigenvalue weighted by atomic mass is 9.98. The number of nitrogens with zero attached hydrogens (tertiary/aromatic N) is 1. The van der Waals surface area contributed by atoms with Crippen LogP contribution in [0.5, 0.6) is 11.5 Å². The molecule has 2 aliphatic rings. The molecule has 2 fully saturated rings. The van der Waals surface area contributed by atoms with Gasteiger partial charge in [-0.05, 0) is 25.0 Å². The first kappa shape index (κ1) is 17.1. The molecule has 8 nitrogen and oxygen atoms in total. The second kappa shape index (κ2) is 6.62. The van der Waals surface area contributed by atoms with Crippen molar-refractivity contribution < 1.29 is 23.9 Å². The Balaban J connectivity index is 1.71. The Morgan fingerprint density at radius 1 is 1.24 bits per heavy atom. The van der Waals surface area contributed by atoms with Crippen LogP contribution >= 0.6 is 0 Å². The van der Waals surface area contributed by atoms with Crippen molar-refractivity contribution in [1.29, 1.82) is 0 Å². The molecule has 1 aliphatic heterocycles. The van der Waals surface area contributed by atoms with Crippen molar-refractivity contribution in [2.24, 2.45) is 0 Å². The molecule has 1 saturated carbocycles. The summed E-state index contributed by atoms with van der Waals surface area (Å²) < 4.78 is 10.3. The van der Waals surface area contributed by atoms with Gasteiger partial charge in [-0.15, -0.1) is 0 Å².